The Balaban J connectivity index is 1.44. The zero-order valence-electron chi connectivity index (χ0n) is 15.4. The van der Waals surface area contributed by atoms with Crippen LogP contribution in [0.15, 0.2) is 42.5 Å². The molecule has 1 atom stereocenters. The van der Waals surface area contributed by atoms with Crippen LogP contribution in [0.4, 0.5) is 5.69 Å². The maximum absolute atomic E-state index is 12.6. The van der Waals surface area contributed by atoms with Gasteiger partial charge in [-0.3, -0.25) is 19.3 Å². The number of anilines is 1. The summed E-state index contributed by atoms with van der Waals surface area (Å²) in [4.78, 5) is 37.4. The summed E-state index contributed by atoms with van der Waals surface area (Å²) < 4.78 is 11.1. The Morgan fingerprint density at radius 1 is 0.964 bits per heavy atom. The summed E-state index contributed by atoms with van der Waals surface area (Å²) >= 11 is 0. The second-order valence-electron chi connectivity index (χ2n) is 6.77. The Morgan fingerprint density at radius 2 is 1.61 bits per heavy atom. The third kappa shape index (κ3) is 3.43. The van der Waals surface area contributed by atoms with Gasteiger partial charge in [0.1, 0.15) is 13.2 Å². The molecule has 0 bridgehead atoms. The first kappa shape index (κ1) is 18.0. The third-order valence-corrected chi connectivity index (χ3v) is 4.85. The molecule has 0 spiro atoms. The molecular weight excluding hydrogens is 360 g/mol. The van der Waals surface area contributed by atoms with Gasteiger partial charge in [0.2, 0.25) is 11.8 Å². The lowest BCUT2D eigenvalue weighted by Gasteiger charge is -2.21. The molecule has 7 heteroatoms. The van der Waals surface area contributed by atoms with Crippen molar-refractivity contribution in [2.24, 2.45) is 0 Å². The quantitative estimate of drug-likeness (QED) is 0.824. The average molecular weight is 380 g/mol. The molecule has 0 aromatic heterocycles. The maximum atomic E-state index is 12.6. The molecule has 1 saturated heterocycles. The topological polar surface area (TPSA) is 84.9 Å². The first-order chi connectivity index (χ1) is 13.5. The number of rotatable bonds is 4. The van der Waals surface area contributed by atoms with Crippen molar-refractivity contribution in [3.63, 3.8) is 0 Å². The lowest BCUT2D eigenvalue weighted by atomic mass is 10.1. The molecule has 2 aliphatic heterocycles. The number of imide groups is 1. The normalized spacial score (nSPS) is 16.8. The zero-order chi connectivity index (χ0) is 19.7. The number of hydrogen-bond acceptors (Lipinski definition) is 5. The lowest BCUT2D eigenvalue weighted by Crippen LogP contribution is -2.29. The monoisotopic (exact) mass is 380 g/mol. The lowest BCUT2D eigenvalue weighted by molar-refractivity contribution is -0.121. The van der Waals surface area contributed by atoms with Crippen molar-refractivity contribution in [3.05, 3.63) is 53.6 Å². The van der Waals surface area contributed by atoms with E-state index in [-0.39, 0.29) is 36.6 Å². The van der Waals surface area contributed by atoms with E-state index in [4.69, 9.17) is 9.47 Å². The summed E-state index contributed by atoms with van der Waals surface area (Å²) in [6, 6.07) is 11.8. The Morgan fingerprint density at radius 3 is 2.29 bits per heavy atom. The summed E-state index contributed by atoms with van der Waals surface area (Å²) in [6.45, 7) is 2.92. The average Bonchev–Trinajstić information content (AvgIpc) is 3.05. The summed E-state index contributed by atoms with van der Waals surface area (Å²) in [5, 5.41) is 2.94. The van der Waals surface area contributed by atoms with Gasteiger partial charge >= 0.3 is 0 Å². The van der Waals surface area contributed by atoms with E-state index >= 15 is 0 Å². The molecule has 0 aliphatic carbocycles. The summed E-state index contributed by atoms with van der Waals surface area (Å²) in [7, 11) is 0. The van der Waals surface area contributed by atoms with E-state index in [0.717, 1.165) is 5.56 Å². The molecule has 2 aliphatic rings. The summed E-state index contributed by atoms with van der Waals surface area (Å²) in [5.41, 5.74) is 1.85. The first-order valence-electron chi connectivity index (χ1n) is 9.19. The fourth-order valence-corrected chi connectivity index (χ4v) is 3.32. The van der Waals surface area contributed by atoms with Crippen molar-refractivity contribution in [2.45, 2.75) is 25.8 Å². The van der Waals surface area contributed by atoms with Crippen LogP contribution in [0.1, 0.15) is 41.7 Å². The molecule has 2 aromatic rings. The van der Waals surface area contributed by atoms with Gasteiger partial charge < -0.3 is 14.8 Å². The SMILES string of the molecule is CC(NC(=O)c1ccc(N2C(=O)CCC2=O)cc1)c1ccc2c(c1)OCCO2. The Hall–Kier alpha value is -3.35. The Kier molecular flexibility index (Phi) is 4.73. The molecule has 144 valence electrons. The Bertz CT molecular complexity index is 922. The number of amides is 3. The van der Waals surface area contributed by atoms with Crippen LogP contribution in [-0.4, -0.2) is 30.9 Å². The van der Waals surface area contributed by atoms with E-state index in [1.54, 1.807) is 24.3 Å². The molecule has 0 saturated carbocycles. The molecule has 1 fully saturated rings. The van der Waals surface area contributed by atoms with Crippen molar-refractivity contribution < 1.29 is 23.9 Å². The third-order valence-electron chi connectivity index (χ3n) is 4.85. The van der Waals surface area contributed by atoms with Crippen LogP contribution >= 0.6 is 0 Å². The summed E-state index contributed by atoms with van der Waals surface area (Å²) in [6.07, 6.45) is 0.461. The molecule has 0 radical (unpaired) electrons. The van der Waals surface area contributed by atoms with Crippen LogP contribution in [0.2, 0.25) is 0 Å². The number of carbonyl (C=O) groups is 3. The number of hydrogen-bond donors (Lipinski definition) is 1. The van der Waals surface area contributed by atoms with E-state index in [1.807, 2.05) is 25.1 Å². The largest absolute Gasteiger partial charge is 0.486 e. The highest BCUT2D eigenvalue weighted by molar-refractivity contribution is 6.19. The van der Waals surface area contributed by atoms with Crippen molar-refractivity contribution in [1.29, 1.82) is 0 Å². The van der Waals surface area contributed by atoms with Crippen molar-refractivity contribution in [2.75, 3.05) is 18.1 Å². The van der Waals surface area contributed by atoms with E-state index in [9.17, 15) is 14.4 Å². The van der Waals surface area contributed by atoms with Crippen molar-refractivity contribution >= 4 is 23.4 Å². The van der Waals surface area contributed by atoms with Crippen LogP contribution in [-0.2, 0) is 9.59 Å². The van der Waals surface area contributed by atoms with Gasteiger partial charge in [-0.05, 0) is 48.9 Å². The van der Waals surface area contributed by atoms with Gasteiger partial charge in [-0.25, -0.2) is 0 Å². The van der Waals surface area contributed by atoms with Gasteiger partial charge in [-0.1, -0.05) is 6.07 Å². The van der Waals surface area contributed by atoms with Crippen LogP contribution in [0.25, 0.3) is 0 Å². The number of carbonyl (C=O) groups excluding carboxylic acids is 3. The highest BCUT2D eigenvalue weighted by Gasteiger charge is 2.30. The van der Waals surface area contributed by atoms with E-state index in [1.165, 1.54) is 4.90 Å². The van der Waals surface area contributed by atoms with Gasteiger partial charge in [0.15, 0.2) is 11.5 Å². The molecule has 1 unspecified atom stereocenters. The predicted molar refractivity (Wildman–Crippen MR) is 101 cm³/mol. The van der Waals surface area contributed by atoms with Gasteiger partial charge in [-0.15, -0.1) is 0 Å². The van der Waals surface area contributed by atoms with Crippen LogP contribution in [0.3, 0.4) is 0 Å². The van der Waals surface area contributed by atoms with Gasteiger partial charge in [0.05, 0.1) is 11.7 Å². The molecule has 2 heterocycles. The van der Waals surface area contributed by atoms with Crippen LogP contribution in [0.5, 0.6) is 11.5 Å². The second-order valence-corrected chi connectivity index (χ2v) is 6.77. The van der Waals surface area contributed by atoms with Crippen molar-refractivity contribution in [1.82, 2.24) is 5.32 Å². The van der Waals surface area contributed by atoms with E-state index < -0.39 is 0 Å². The van der Waals surface area contributed by atoms with E-state index in [2.05, 4.69) is 5.32 Å². The molecule has 1 N–H and O–H groups in total. The molecule has 28 heavy (non-hydrogen) atoms. The van der Waals surface area contributed by atoms with Gasteiger partial charge in [0, 0.05) is 18.4 Å². The number of ether oxygens (including phenoxy) is 2. The molecule has 7 nitrogen and oxygen atoms in total. The minimum absolute atomic E-state index is 0.213. The molecule has 3 amide bonds. The molecule has 2 aromatic carbocycles. The van der Waals surface area contributed by atoms with E-state index in [0.29, 0.717) is 36.0 Å². The number of nitrogens with one attached hydrogen (secondary N) is 1. The number of benzene rings is 2. The smallest absolute Gasteiger partial charge is 0.251 e. The summed E-state index contributed by atoms with van der Waals surface area (Å²) in [5.74, 6) is 0.709. The fourth-order valence-electron chi connectivity index (χ4n) is 3.32. The highest BCUT2D eigenvalue weighted by Crippen LogP contribution is 2.32. The van der Waals surface area contributed by atoms with Crippen LogP contribution < -0.4 is 19.7 Å². The zero-order valence-corrected chi connectivity index (χ0v) is 15.4. The fraction of sp³-hybridized carbons (Fsp3) is 0.286. The van der Waals surface area contributed by atoms with Gasteiger partial charge in [0.25, 0.3) is 5.91 Å². The number of nitrogens with zero attached hydrogens (tertiary/aromatic N) is 1. The Labute approximate surface area is 162 Å². The first-order valence-corrected chi connectivity index (χ1v) is 9.19. The van der Waals surface area contributed by atoms with Crippen LogP contribution in [0, 0.1) is 0 Å². The second kappa shape index (κ2) is 7.34. The van der Waals surface area contributed by atoms with Gasteiger partial charge in [-0.2, -0.15) is 0 Å². The predicted octanol–water partition coefficient (Wildman–Crippen LogP) is 2.60. The molecule has 4 rings (SSSR count). The molecular formula is C21H20N2O5. The van der Waals surface area contributed by atoms with Crippen molar-refractivity contribution in [3.8, 4) is 11.5 Å². The number of fused-ring (bicyclic) bond motifs is 1. The maximum Gasteiger partial charge on any atom is 0.251 e. The minimum atomic E-state index is -0.243. The minimum Gasteiger partial charge on any atom is -0.486 e. The standard InChI is InChI=1S/C21H20N2O5/c1-13(15-4-7-17-18(12-15)28-11-10-27-17)22-21(26)14-2-5-16(6-3-14)23-19(24)8-9-20(23)25/h2-7,12-13H,8-11H2,1H3,(H,22,26). The highest BCUT2D eigenvalue weighted by atomic mass is 16.6.